The van der Waals surface area contributed by atoms with E-state index in [1.54, 1.807) is 0 Å². The van der Waals surface area contributed by atoms with Crippen molar-refractivity contribution in [2.75, 3.05) is 13.1 Å². The number of carbonyl (C=O) groups is 1. The van der Waals surface area contributed by atoms with Gasteiger partial charge in [0.05, 0.1) is 6.26 Å². The van der Waals surface area contributed by atoms with Crippen LogP contribution in [-0.2, 0) is 6.54 Å². The number of hydrogen-bond donors (Lipinski definition) is 2. The van der Waals surface area contributed by atoms with Gasteiger partial charge in [-0.3, -0.25) is 15.1 Å². The Hall–Kier alpha value is -1.33. The maximum atomic E-state index is 11.5. The third-order valence-electron chi connectivity index (χ3n) is 3.19. The van der Waals surface area contributed by atoms with Gasteiger partial charge in [-0.2, -0.15) is 0 Å². The van der Waals surface area contributed by atoms with E-state index in [9.17, 15) is 4.79 Å². The van der Waals surface area contributed by atoms with Gasteiger partial charge in [-0.25, -0.2) is 5.84 Å². The molecule has 5 nitrogen and oxygen atoms in total. The molecule has 0 radical (unpaired) electrons. The number of hydrazine groups is 1. The van der Waals surface area contributed by atoms with Gasteiger partial charge in [0.15, 0.2) is 5.76 Å². The highest BCUT2D eigenvalue weighted by atomic mass is 16.3. The Morgan fingerprint density at radius 2 is 2.28 bits per heavy atom. The van der Waals surface area contributed by atoms with Crippen molar-refractivity contribution >= 4 is 5.91 Å². The molecule has 0 aliphatic heterocycles. The van der Waals surface area contributed by atoms with Crippen molar-refractivity contribution in [3.8, 4) is 0 Å². The van der Waals surface area contributed by atoms with Crippen molar-refractivity contribution in [2.24, 2.45) is 11.8 Å². The molecule has 0 spiro atoms. The summed E-state index contributed by atoms with van der Waals surface area (Å²) in [6.07, 6.45) is 2.68. The van der Waals surface area contributed by atoms with Crippen molar-refractivity contribution in [2.45, 2.75) is 33.7 Å². The number of rotatable bonds is 7. The van der Waals surface area contributed by atoms with Crippen LogP contribution in [0, 0.1) is 5.92 Å². The second kappa shape index (κ2) is 7.18. The molecule has 0 bridgehead atoms. The Morgan fingerprint density at radius 1 is 1.56 bits per heavy atom. The average Bonchev–Trinajstić information content (AvgIpc) is 2.84. The number of furan rings is 1. The molecule has 1 aromatic heterocycles. The van der Waals surface area contributed by atoms with Crippen LogP contribution in [0.3, 0.4) is 0 Å². The average molecular weight is 253 g/mol. The van der Waals surface area contributed by atoms with Gasteiger partial charge in [0.1, 0.15) is 0 Å². The van der Waals surface area contributed by atoms with Crippen LogP contribution in [0.5, 0.6) is 0 Å². The smallest absolute Gasteiger partial charge is 0.301 e. The minimum absolute atomic E-state index is 0.306. The summed E-state index contributed by atoms with van der Waals surface area (Å²) in [6, 6.07) is 1.82. The Morgan fingerprint density at radius 3 is 2.83 bits per heavy atom. The summed E-state index contributed by atoms with van der Waals surface area (Å²) in [4.78, 5) is 13.8. The number of amides is 1. The van der Waals surface area contributed by atoms with Gasteiger partial charge < -0.3 is 4.42 Å². The van der Waals surface area contributed by atoms with Crippen LogP contribution in [0.4, 0.5) is 0 Å². The first kappa shape index (κ1) is 14.7. The van der Waals surface area contributed by atoms with E-state index in [1.165, 1.54) is 6.26 Å². The van der Waals surface area contributed by atoms with Gasteiger partial charge in [-0.05, 0) is 18.5 Å². The molecule has 1 atom stereocenters. The van der Waals surface area contributed by atoms with Gasteiger partial charge in [0.2, 0.25) is 0 Å². The molecule has 0 saturated heterocycles. The van der Waals surface area contributed by atoms with E-state index >= 15 is 0 Å². The molecule has 1 aromatic rings. The Labute approximate surface area is 108 Å². The lowest BCUT2D eigenvalue weighted by molar-refractivity contribution is 0.0922. The first-order valence-electron chi connectivity index (χ1n) is 6.41. The fourth-order valence-corrected chi connectivity index (χ4v) is 1.84. The van der Waals surface area contributed by atoms with Crippen molar-refractivity contribution < 1.29 is 9.21 Å². The quantitative estimate of drug-likeness (QED) is 0.441. The van der Waals surface area contributed by atoms with E-state index < -0.39 is 0 Å². The van der Waals surface area contributed by atoms with E-state index in [4.69, 9.17) is 10.3 Å². The highest BCUT2D eigenvalue weighted by Crippen LogP contribution is 2.15. The van der Waals surface area contributed by atoms with Crippen molar-refractivity contribution in [1.29, 1.82) is 0 Å². The number of nitrogens with zero attached hydrogens (tertiary/aromatic N) is 1. The van der Waals surface area contributed by atoms with Crippen LogP contribution >= 0.6 is 0 Å². The maximum Gasteiger partial charge on any atom is 0.301 e. The Balaban J connectivity index is 2.70. The Bertz CT molecular complexity index is 376. The fraction of sp³-hybridized carbons (Fsp3) is 0.615. The molecule has 102 valence electrons. The third kappa shape index (κ3) is 3.85. The van der Waals surface area contributed by atoms with Crippen molar-refractivity contribution in [1.82, 2.24) is 10.3 Å². The number of nitrogens with one attached hydrogen (secondary N) is 1. The summed E-state index contributed by atoms with van der Waals surface area (Å²) in [6.45, 7) is 9.20. The first-order chi connectivity index (χ1) is 8.62. The van der Waals surface area contributed by atoms with Crippen LogP contribution in [0.15, 0.2) is 16.7 Å². The summed E-state index contributed by atoms with van der Waals surface area (Å²) in [5, 5.41) is 0. The van der Waals surface area contributed by atoms with E-state index in [0.717, 1.165) is 25.1 Å². The molecular weight excluding hydrogens is 230 g/mol. The maximum absolute atomic E-state index is 11.5. The Kier molecular flexibility index (Phi) is 5.88. The van der Waals surface area contributed by atoms with E-state index in [0.29, 0.717) is 18.2 Å². The van der Waals surface area contributed by atoms with Crippen LogP contribution in [0.1, 0.15) is 43.3 Å². The number of carbonyl (C=O) groups excluding carboxylic acids is 1. The van der Waals surface area contributed by atoms with Gasteiger partial charge in [0, 0.05) is 18.7 Å². The van der Waals surface area contributed by atoms with Gasteiger partial charge in [0.25, 0.3) is 0 Å². The zero-order valence-corrected chi connectivity index (χ0v) is 11.4. The molecule has 1 rings (SSSR count). The zero-order valence-electron chi connectivity index (χ0n) is 11.4. The molecule has 5 heteroatoms. The van der Waals surface area contributed by atoms with E-state index in [-0.39, 0.29) is 5.91 Å². The molecular formula is C13H23N3O2. The number of hydrogen-bond acceptors (Lipinski definition) is 4. The zero-order chi connectivity index (χ0) is 13.5. The molecule has 1 amide bonds. The fourth-order valence-electron chi connectivity index (χ4n) is 1.84. The largest absolute Gasteiger partial charge is 0.459 e. The molecule has 0 aliphatic carbocycles. The topological polar surface area (TPSA) is 71.5 Å². The predicted octanol–water partition coefficient (Wildman–Crippen LogP) is 1.75. The molecule has 18 heavy (non-hydrogen) atoms. The molecule has 0 fully saturated rings. The van der Waals surface area contributed by atoms with Crippen molar-refractivity contribution in [3.05, 3.63) is 23.7 Å². The molecule has 1 heterocycles. The number of nitrogen functional groups attached to an aromatic ring is 1. The third-order valence-corrected chi connectivity index (χ3v) is 3.19. The summed E-state index contributed by atoms with van der Waals surface area (Å²) < 4.78 is 5.18. The van der Waals surface area contributed by atoms with Gasteiger partial charge in [-0.1, -0.05) is 27.2 Å². The second-order valence-corrected chi connectivity index (χ2v) is 4.59. The summed E-state index contributed by atoms with van der Waals surface area (Å²) in [5.74, 6) is 5.69. The highest BCUT2D eigenvalue weighted by Gasteiger charge is 2.17. The van der Waals surface area contributed by atoms with E-state index in [2.05, 4.69) is 31.1 Å². The monoisotopic (exact) mass is 253 g/mol. The molecule has 1 unspecified atom stereocenters. The van der Waals surface area contributed by atoms with Gasteiger partial charge >= 0.3 is 5.91 Å². The number of nitrogens with two attached hydrogens (primary N) is 1. The lowest BCUT2D eigenvalue weighted by atomic mass is 10.1. The summed E-state index contributed by atoms with van der Waals surface area (Å²) in [5.41, 5.74) is 2.98. The van der Waals surface area contributed by atoms with Crippen molar-refractivity contribution in [3.63, 3.8) is 0 Å². The van der Waals surface area contributed by atoms with E-state index in [1.807, 2.05) is 6.07 Å². The molecule has 3 N–H and O–H groups in total. The summed E-state index contributed by atoms with van der Waals surface area (Å²) >= 11 is 0. The standard InChI is InChI=1S/C13H23N3O2/c1-4-10(3)8-16(5-2)9-11-6-7-18-12(11)13(17)15-14/h6-7,10H,4-5,8-9,14H2,1-3H3,(H,15,17). The van der Waals surface area contributed by atoms with Crippen LogP contribution in [-0.4, -0.2) is 23.9 Å². The summed E-state index contributed by atoms with van der Waals surface area (Å²) in [7, 11) is 0. The lowest BCUT2D eigenvalue weighted by Crippen LogP contribution is -2.32. The normalized spacial score (nSPS) is 12.7. The predicted molar refractivity (Wildman–Crippen MR) is 70.8 cm³/mol. The lowest BCUT2D eigenvalue weighted by Gasteiger charge is -2.23. The minimum Gasteiger partial charge on any atom is -0.459 e. The SMILES string of the molecule is CCC(C)CN(CC)Cc1ccoc1C(=O)NN. The van der Waals surface area contributed by atoms with Crippen LogP contribution in [0.25, 0.3) is 0 Å². The molecule has 0 aliphatic rings. The molecule has 0 saturated carbocycles. The highest BCUT2D eigenvalue weighted by molar-refractivity contribution is 5.92. The second-order valence-electron chi connectivity index (χ2n) is 4.59. The van der Waals surface area contributed by atoms with Gasteiger partial charge in [-0.15, -0.1) is 0 Å². The minimum atomic E-state index is -0.380. The molecule has 0 aromatic carbocycles. The van der Waals surface area contributed by atoms with Crippen LogP contribution < -0.4 is 11.3 Å². The van der Waals surface area contributed by atoms with Crippen LogP contribution in [0.2, 0.25) is 0 Å². The first-order valence-corrected chi connectivity index (χ1v) is 6.41.